The van der Waals surface area contributed by atoms with E-state index < -0.39 is 0 Å². The monoisotopic (exact) mass is 346 g/mol. The lowest BCUT2D eigenvalue weighted by molar-refractivity contribution is 0.766. The average molecular weight is 346 g/mol. The minimum Gasteiger partial charge on any atom is -0.0622 e. The molecular formula is C27H22. The van der Waals surface area contributed by atoms with E-state index in [4.69, 9.17) is 0 Å². The summed E-state index contributed by atoms with van der Waals surface area (Å²) in [4.78, 5) is 0. The van der Waals surface area contributed by atoms with Crippen molar-refractivity contribution in [3.8, 4) is 11.1 Å². The van der Waals surface area contributed by atoms with Gasteiger partial charge in [0, 0.05) is 0 Å². The topological polar surface area (TPSA) is 0 Å². The lowest BCUT2D eigenvalue weighted by Crippen LogP contribution is -2.28. The number of hydrogen-bond donors (Lipinski definition) is 0. The van der Waals surface area contributed by atoms with Crippen LogP contribution in [0, 0.1) is 0 Å². The minimum atomic E-state index is -0.264. The highest BCUT2D eigenvalue weighted by Gasteiger charge is 2.45. The van der Waals surface area contributed by atoms with Crippen LogP contribution in [0.4, 0.5) is 0 Å². The molecule has 0 aliphatic heterocycles. The predicted molar refractivity (Wildman–Crippen MR) is 113 cm³/mol. The Morgan fingerprint density at radius 3 is 1.74 bits per heavy atom. The minimum absolute atomic E-state index is 0.264. The van der Waals surface area contributed by atoms with Gasteiger partial charge in [0.25, 0.3) is 0 Å². The lowest BCUT2D eigenvalue weighted by atomic mass is 9.67. The standard InChI is InChI=1S/C27H22/c1-2-20-17-18-24-23-15-9-10-16-25(23)27(26(24)19-20,21-11-5-3-6-12-21)22-13-7-4-8-14-22/h3-19H,2H2,1H3. The molecule has 0 radical (unpaired) electrons. The van der Waals surface area contributed by atoms with Gasteiger partial charge in [-0.15, -0.1) is 0 Å². The van der Waals surface area contributed by atoms with Crippen molar-refractivity contribution < 1.29 is 0 Å². The van der Waals surface area contributed by atoms with E-state index >= 15 is 0 Å². The van der Waals surface area contributed by atoms with Crippen LogP contribution < -0.4 is 0 Å². The van der Waals surface area contributed by atoms with Gasteiger partial charge in [-0.05, 0) is 45.4 Å². The summed E-state index contributed by atoms with van der Waals surface area (Å²) in [6.07, 6.45) is 1.04. The highest BCUT2D eigenvalue weighted by molar-refractivity contribution is 5.86. The summed E-state index contributed by atoms with van der Waals surface area (Å²) in [6.45, 7) is 2.23. The molecule has 0 amide bonds. The van der Waals surface area contributed by atoms with Crippen LogP contribution in [0.2, 0.25) is 0 Å². The number of hydrogen-bond acceptors (Lipinski definition) is 0. The highest BCUT2D eigenvalue weighted by atomic mass is 14.5. The Morgan fingerprint density at radius 1 is 0.556 bits per heavy atom. The Labute approximate surface area is 161 Å². The molecule has 1 aliphatic carbocycles. The Bertz CT molecular complexity index is 1050. The molecule has 5 rings (SSSR count). The van der Waals surface area contributed by atoms with Gasteiger partial charge in [-0.2, -0.15) is 0 Å². The molecular weight excluding hydrogens is 324 g/mol. The molecule has 0 saturated carbocycles. The van der Waals surface area contributed by atoms with Crippen LogP contribution in [0.15, 0.2) is 103 Å². The molecule has 27 heavy (non-hydrogen) atoms. The summed E-state index contributed by atoms with van der Waals surface area (Å²) in [5.41, 5.74) is 9.27. The molecule has 0 N–H and O–H groups in total. The fourth-order valence-electron chi connectivity index (χ4n) is 4.71. The first-order chi connectivity index (χ1) is 13.4. The van der Waals surface area contributed by atoms with Crippen molar-refractivity contribution in [2.45, 2.75) is 18.8 Å². The van der Waals surface area contributed by atoms with Crippen LogP contribution in [0.5, 0.6) is 0 Å². The van der Waals surface area contributed by atoms with Gasteiger partial charge < -0.3 is 0 Å². The normalized spacial score (nSPS) is 13.8. The van der Waals surface area contributed by atoms with E-state index in [9.17, 15) is 0 Å². The third-order valence-electron chi connectivity index (χ3n) is 5.93. The maximum absolute atomic E-state index is 2.43. The van der Waals surface area contributed by atoms with Crippen molar-refractivity contribution in [2.75, 3.05) is 0 Å². The van der Waals surface area contributed by atoms with Gasteiger partial charge in [0.1, 0.15) is 0 Å². The Kier molecular flexibility index (Phi) is 3.72. The molecule has 130 valence electrons. The molecule has 0 saturated heterocycles. The summed E-state index contributed by atoms with van der Waals surface area (Å²) >= 11 is 0. The van der Waals surface area contributed by atoms with Gasteiger partial charge in [-0.1, -0.05) is 110 Å². The van der Waals surface area contributed by atoms with E-state index in [1.165, 1.54) is 38.9 Å². The Hall–Kier alpha value is -3.12. The van der Waals surface area contributed by atoms with Crippen molar-refractivity contribution >= 4 is 0 Å². The molecule has 4 aromatic carbocycles. The Morgan fingerprint density at radius 2 is 1.11 bits per heavy atom. The predicted octanol–water partition coefficient (Wildman–Crippen LogP) is 6.61. The Balaban J connectivity index is 1.97. The zero-order chi connectivity index (χ0) is 18.3. The zero-order valence-electron chi connectivity index (χ0n) is 15.5. The second kappa shape index (κ2) is 6.25. The van der Waals surface area contributed by atoms with Gasteiger partial charge in [0.15, 0.2) is 0 Å². The smallest absolute Gasteiger partial charge is 0.0622 e. The zero-order valence-corrected chi connectivity index (χ0v) is 15.5. The largest absolute Gasteiger partial charge is 0.0713 e. The van der Waals surface area contributed by atoms with Crippen LogP contribution in [-0.2, 0) is 11.8 Å². The molecule has 4 aromatic rings. The van der Waals surface area contributed by atoms with E-state index in [0.717, 1.165) is 6.42 Å². The molecule has 1 aliphatic rings. The summed E-state index contributed by atoms with van der Waals surface area (Å²) in [6, 6.07) is 37.9. The molecule has 0 nitrogen and oxygen atoms in total. The van der Waals surface area contributed by atoms with Crippen LogP contribution in [0.1, 0.15) is 34.7 Å². The van der Waals surface area contributed by atoms with E-state index in [-0.39, 0.29) is 5.41 Å². The number of aryl methyl sites for hydroxylation is 1. The summed E-state index contributed by atoms with van der Waals surface area (Å²) < 4.78 is 0. The lowest BCUT2D eigenvalue weighted by Gasteiger charge is -2.34. The van der Waals surface area contributed by atoms with Gasteiger partial charge in [0.05, 0.1) is 5.41 Å². The second-order valence-electron chi connectivity index (χ2n) is 7.26. The number of benzene rings is 4. The third-order valence-corrected chi connectivity index (χ3v) is 5.93. The van der Waals surface area contributed by atoms with Crippen molar-refractivity contribution in [3.63, 3.8) is 0 Å². The fourth-order valence-corrected chi connectivity index (χ4v) is 4.71. The molecule has 0 bridgehead atoms. The van der Waals surface area contributed by atoms with Gasteiger partial charge >= 0.3 is 0 Å². The third kappa shape index (κ3) is 2.23. The van der Waals surface area contributed by atoms with E-state index in [0.29, 0.717) is 0 Å². The average Bonchev–Trinajstić information content (AvgIpc) is 3.05. The van der Waals surface area contributed by atoms with Crippen LogP contribution in [-0.4, -0.2) is 0 Å². The molecule has 0 fully saturated rings. The first-order valence-corrected chi connectivity index (χ1v) is 9.70. The van der Waals surface area contributed by atoms with Gasteiger partial charge in [-0.25, -0.2) is 0 Å². The van der Waals surface area contributed by atoms with Crippen molar-refractivity contribution in [2.24, 2.45) is 0 Å². The summed E-state index contributed by atoms with van der Waals surface area (Å²) in [7, 11) is 0. The molecule has 0 heteroatoms. The quantitative estimate of drug-likeness (QED) is 0.345. The van der Waals surface area contributed by atoms with Crippen LogP contribution in [0.25, 0.3) is 11.1 Å². The van der Waals surface area contributed by atoms with Crippen molar-refractivity contribution in [1.82, 2.24) is 0 Å². The first kappa shape index (κ1) is 16.1. The van der Waals surface area contributed by atoms with E-state index in [2.05, 4.69) is 110 Å². The second-order valence-corrected chi connectivity index (χ2v) is 7.26. The molecule has 0 atom stereocenters. The van der Waals surface area contributed by atoms with E-state index in [1.807, 2.05) is 0 Å². The van der Waals surface area contributed by atoms with Gasteiger partial charge in [0.2, 0.25) is 0 Å². The summed E-state index contributed by atoms with van der Waals surface area (Å²) in [5, 5.41) is 0. The van der Waals surface area contributed by atoms with Crippen LogP contribution in [0.3, 0.4) is 0 Å². The van der Waals surface area contributed by atoms with E-state index in [1.54, 1.807) is 0 Å². The maximum atomic E-state index is 2.43. The molecule has 0 heterocycles. The number of fused-ring (bicyclic) bond motifs is 3. The van der Waals surface area contributed by atoms with Gasteiger partial charge in [-0.3, -0.25) is 0 Å². The SMILES string of the molecule is CCc1ccc2c(c1)C(c1ccccc1)(c1ccccc1)c1ccccc1-2. The molecule has 0 spiro atoms. The van der Waals surface area contributed by atoms with Crippen molar-refractivity contribution in [3.05, 3.63) is 131 Å². The molecule has 0 unspecified atom stereocenters. The first-order valence-electron chi connectivity index (χ1n) is 9.70. The van der Waals surface area contributed by atoms with Crippen molar-refractivity contribution in [1.29, 1.82) is 0 Å². The molecule has 0 aromatic heterocycles. The highest BCUT2D eigenvalue weighted by Crippen LogP contribution is 2.56. The maximum Gasteiger partial charge on any atom is 0.0713 e. The fraction of sp³-hybridized carbons (Fsp3) is 0.111. The summed E-state index contributed by atoms with van der Waals surface area (Å²) in [5.74, 6) is 0. The number of rotatable bonds is 3. The van der Waals surface area contributed by atoms with Crippen LogP contribution >= 0.6 is 0 Å².